The summed E-state index contributed by atoms with van der Waals surface area (Å²) in [6, 6.07) is 7.45. The minimum atomic E-state index is -0.447. The molecule has 5 heteroatoms. The van der Waals surface area contributed by atoms with Crippen LogP contribution in [0, 0.1) is 0 Å². The van der Waals surface area contributed by atoms with Crippen LogP contribution in [0.3, 0.4) is 0 Å². The Morgan fingerprint density at radius 3 is 2.13 bits per heavy atom. The number of aromatic hydroxyl groups is 2. The SMILES string of the molecule is CCN(CC)c1ccc(O)c2c1C(=O)c1c(O)cccc1C2=O. The third kappa shape index (κ3) is 2.08. The number of hydrogen-bond acceptors (Lipinski definition) is 5. The fourth-order valence-electron chi connectivity index (χ4n) is 3.10. The van der Waals surface area contributed by atoms with Crippen LogP contribution in [-0.2, 0) is 0 Å². The molecular formula is C18H17NO4. The maximum Gasteiger partial charge on any atom is 0.200 e. The lowest BCUT2D eigenvalue weighted by molar-refractivity contribution is 0.0974. The molecule has 1 aliphatic rings. The van der Waals surface area contributed by atoms with Crippen LogP contribution in [0.4, 0.5) is 5.69 Å². The number of phenols is 2. The Bertz CT molecular complexity index is 822. The van der Waals surface area contributed by atoms with Crippen molar-refractivity contribution in [2.45, 2.75) is 13.8 Å². The van der Waals surface area contributed by atoms with Crippen LogP contribution < -0.4 is 4.90 Å². The molecule has 0 radical (unpaired) electrons. The van der Waals surface area contributed by atoms with Crippen LogP contribution >= 0.6 is 0 Å². The van der Waals surface area contributed by atoms with Crippen molar-refractivity contribution >= 4 is 17.3 Å². The first kappa shape index (κ1) is 15.1. The van der Waals surface area contributed by atoms with Crippen molar-refractivity contribution in [1.29, 1.82) is 0 Å². The second-order valence-electron chi connectivity index (χ2n) is 5.38. The van der Waals surface area contributed by atoms with Crippen molar-refractivity contribution in [1.82, 2.24) is 0 Å². The molecule has 0 aromatic heterocycles. The highest BCUT2D eigenvalue weighted by Crippen LogP contribution is 2.40. The number of rotatable bonds is 3. The van der Waals surface area contributed by atoms with E-state index in [0.29, 0.717) is 18.8 Å². The highest BCUT2D eigenvalue weighted by atomic mass is 16.3. The van der Waals surface area contributed by atoms with Gasteiger partial charge in [0.05, 0.1) is 16.7 Å². The Morgan fingerprint density at radius 1 is 0.826 bits per heavy atom. The predicted molar refractivity (Wildman–Crippen MR) is 86.6 cm³/mol. The summed E-state index contributed by atoms with van der Waals surface area (Å²) in [4.78, 5) is 27.6. The number of carbonyl (C=O) groups excluding carboxylic acids is 2. The summed E-state index contributed by atoms with van der Waals surface area (Å²) in [5, 5.41) is 20.2. The van der Waals surface area contributed by atoms with E-state index < -0.39 is 11.6 Å². The van der Waals surface area contributed by atoms with Crippen molar-refractivity contribution in [3.63, 3.8) is 0 Å². The summed E-state index contributed by atoms with van der Waals surface area (Å²) >= 11 is 0. The molecule has 0 amide bonds. The van der Waals surface area contributed by atoms with E-state index in [4.69, 9.17) is 0 Å². The van der Waals surface area contributed by atoms with Gasteiger partial charge in [0.25, 0.3) is 0 Å². The predicted octanol–water partition coefficient (Wildman–Crippen LogP) is 2.72. The summed E-state index contributed by atoms with van der Waals surface area (Å²) < 4.78 is 0. The summed E-state index contributed by atoms with van der Waals surface area (Å²) in [6.07, 6.45) is 0. The molecule has 0 fully saturated rings. The molecular weight excluding hydrogens is 294 g/mol. The summed E-state index contributed by atoms with van der Waals surface area (Å²) in [5.41, 5.74) is 0.888. The van der Waals surface area contributed by atoms with Crippen LogP contribution in [0.2, 0.25) is 0 Å². The molecule has 5 nitrogen and oxygen atoms in total. The molecule has 0 aliphatic heterocycles. The lowest BCUT2D eigenvalue weighted by Gasteiger charge is -2.28. The molecule has 1 aliphatic carbocycles. The number of hydrogen-bond donors (Lipinski definition) is 2. The van der Waals surface area contributed by atoms with Crippen LogP contribution in [0.15, 0.2) is 30.3 Å². The second kappa shape index (κ2) is 5.43. The number of nitrogens with zero attached hydrogens (tertiary/aromatic N) is 1. The third-order valence-corrected chi connectivity index (χ3v) is 4.23. The smallest absolute Gasteiger partial charge is 0.200 e. The molecule has 0 saturated heterocycles. The molecule has 0 saturated carbocycles. The third-order valence-electron chi connectivity index (χ3n) is 4.23. The van der Waals surface area contributed by atoms with Gasteiger partial charge in [-0.25, -0.2) is 0 Å². The first-order chi connectivity index (χ1) is 11.0. The largest absolute Gasteiger partial charge is 0.507 e. The number of carbonyl (C=O) groups is 2. The molecule has 0 unspecified atom stereocenters. The van der Waals surface area contributed by atoms with Gasteiger partial charge in [-0.2, -0.15) is 0 Å². The van der Waals surface area contributed by atoms with Gasteiger partial charge in [0, 0.05) is 24.3 Å². The number of fused-ring (bicyclic) bond motifs is 2. The van der Waals surface area contributed by atoms with E-state index in [1.807, 2.05) is 18.7 Å². The lowest BCUT2D eigenvalue weighted by atomic mass is 9.82. The summed E-state index contributed by atoms with van der Waals surface area (Å²) in [5.74, 6) is -1.33. The average Bonchev–Trinajstić information content (AvgIpc) is 2.54. The van der Waals surface area contributed by atoms with Gasteiger partial charge >= 0.3 is 0 Å². The zero-order valence-corrected chi connectivity index (χ0v) is 13.0. The Kier molecular flexibility index (Phi) is 3.56. The maximum absolute atomic E-state index is 12.9. The summed E-state index contributed by atoms with van der Waals surface area (Å²) in [6.45, 7) is 5.21. The van der Waals surface area contributed by atoms with Gasteiger partial charge in [-0.15, -0.1) is 0 Å². The number of benzene rings is 2. The zero-order valence-electron chi connectivity index (χ0n) is 13.0. The molecule has 2 aromatic carbocycles. The first-order valence-corrected chi connectivity index (χ1v) is 7.53. The minimum absolute atomic E-state index is 0.00371. The molecule has 0 bridgehead atoms. The van der Waals surface area contributed by atoms with Gasteiger partial charge in [0.15, 0.2) is 11.6 Å². The van der Waals surface area contributed by atoms with Crippen molar-refractivity contribution < 1.29 is 19.8 Å². The standard InChI is InChI=1S/C18H17NO4/c1-3-19(4-2)11-8-9-13(21)16-15(11)18(23)14-10(17(16)22)6-5-7-12(14)20/h5-9,20-21H,3-4H2,1-2H3. The topological polar surface area (TPSA) is 77.8 Å². The number of anilines is 1. The Balaban J connectivity index is 2.35. The van der Waals surface area contributed by atoms with Crippen molar-refractivity contribution in [3.05, 3.63) is 52.6 Å². The minimum Gasteiger partial charge on any atom is -0.507 e. The van der Waals surface area contributed by atoms with E-state index in [9.17, 15) is 19.8 Å². The van der Waals surface area contributed by atoms with Gasteiger partial charge in [-0.3, -0.25) is 9.59 Å². The van der Waals surface area contributed by atoms with Gasteiger partial charge < -0.3 is 15.1 Å². The highest BCUT2D eigenvalue weighted by molar-refractivity contribution is 6.31. The van der Waals surface area contributed by atoms with E-state index in [2.05, 4.69) is 0 Å². The van der Waals surface area contributed by atoms with E-state index >= 15 is 0 Å². The van der Waals surface area contributed by atoms with Crippen molar-refractivity contribution in [2.75, 3.05) is 18.0 Å². The fourth-order valence-corrected chi connectivity index (χ4v) is 3.10. The van der Waals surface area contributed by atoms with E-state index in [-0.39, 0.29) is 33.8 Å². The van der Waals surface area contributed by atoms with E-state index in [1.54, 1.807) is 6.07 Å². The number of ketones is 2. The van der Waals surface area contributed by atoms with Crippen LogP contribution in [0.1, 0.15) is 45.7 Å². The molecule has 3 rings (SSSR count). The average molecular weight is 311 g/mol. The zero-order chi connectivity index (χ0) is 16.7. The number of phenolic OH excluding ortho intramolecular Hbond substituents is 2. The van der Waals surface area contributed by atoms with Gasteiger partial charge in [0.1, 0.15) is 11.5 Å². The Labute approximate surface area is 133 Å². The highest BCUT2D eigenvalue weighted by Gasteiger charge is 2.36. The molecule has 23 heavy (non-hydrogen) atoms. The normalized spacial score (nSPS) is 12.8. The quantitative estimate of drug-likeness (QED) is 0.777. The van der Waals surface area contributed by atoms with E-state index in [0.717, 1.165) is 0 Å². The van der Waals surface area contributed by atoms with Gasteiger partial charge in [-0.1, -0.05) is 12.1 Å². The van der Waals surface area contributed by atoms with Crippen molar-refractivity contribution in [2.24, 2.45) is 0 Å². The lowest BCUT2D eigenvalue weighted by Crippen LogP contribution is -2.28. The maximum atomic E-state index is 12.9. The molecule has 118 valence electrons. The van der Waals surface area contributed by atoms with Crippen LogP contribution in [0.5, 0.6) is 11.5 Å². The van der Waals surface area contributed by atoms with Crippen molar-refractivity contribution in [3.8, 4) is 11.5 Å². The first-order valence-electron chi connectivity index (χ1n) is 7.53. The monoisotopic (exact) mass is 311 g/mol. The van der Waals surface area contributed by atoms with Crippen LogP contribution in [0.25, 0.3) is 0 Å². The molecule has 0 atom stereocenters. The van der Waals surface area contributed by atoms with E-state index in [1.165, 1.54) is 24.3 Å². The molecule has 0 spiro atoms. The summed E-state index contributed by atoms with van der Waals surface area (Å²) in [7, 11) is 0. The van der Waals surface area contributed by atoms with Gasteiger partial charge in [0.2, 0.25) is 0 Å². The molecule has 2 N–H and O–H groups in total. The fraction of sp³-hybridized carbons (Fsp3) is 0.222. The Hall–Kier alpha value is -2.82. The Morgan fingerprint density at radius 2 is 1.48 bits per heavy atom. The van der Waals surface area contributed by atoms with Gasteiger partial charge in [-0.05, 0) is 32.0 Å². The molecule has 0 heterocycles. The second-order valence-corrected chi connectivity index (χ2v) is 5.38. The van der Waals surface area contributed by atoms with Crippen LogP contribution in [-0.4, -0.2) is 34.9 Å². The molecule has 2 aromatic rings.